The molecule has 0 N–H and O–H groups in total. The van der Waals surface area contributed by atoms with Crippen LogP contribution in [0.1, 0.15) is 60.5 Å². The molecule has 0 aliphatic carbocycles. The largest absolute Gasteiger partial charge is 0.487 e. The number of benzene rings is 4. The fraction of sp³-hybridized carbons (Fsp3) is 0.184. The Morgan fingerprint density at radius 2 is 1.77 bits per heavy atom. The molecule has 0 amide bonds. The standard InChI is InChI=1S/C38H31ClI2N2O4S/c1-4-46-37(45)32-33(25-10-6-5-7-11-25)42-38-43(34(32)26-15-13-24(14-16-26)22(2)3)36(44)31(48-38)19-27-18-29(40)20-30(41)35(27)47-21-23-9-8-12-28(39)17-23/h5-20,22,34H,4,21H2,1-3H3/b31-19-/t34-/m1/s1. The first-order chi connectivity index (χ1) is 23.1. The Morgan fingerprint density at radius 1 is 1.02 bits per heavy atom. The first kappa shape index (κ1) is 34.6. The number of fused-ring (bicyclic) bond motifs is 1. The van der Waals surface area contributed by atoms with E-state index in [4.69, 9.17) is 26.1 Å². The van der Waals surface area contributed by atoms with Crippen molar-refractivity contribution in [3.05, 3.63) is 156 Å². The molecule has 0 saturated carbocycles. The van der Waals surface area contributed by atoms with Crippen LogP contribution in [0.5, 0.6) is 5.75 Å². The molecule has 0 bridgehead atoms. The zero-order chi connectivity index (χ0) is 33.9. The van der Waals surface area contributed by atoms with E-state index >= 15 is 0 Å². The third-order valence-corrected chi connectivity index (χ3v) is 10.5. The van der Waals surface area contributed by atoms with Crippen molar-refractivity contribution in [2.75, 3.05) is 6.61 Å². The van der Waals surface area contributed by atoms with Crippen LogP contribution in [0.15, 0.2) is 106 Å². The highest BCUT2D eigenvalue weighted by Crippen LogP contribution is 2.36. The number of esters is 1. The average molecular weight is 901 g/mol. The first-order valence-electron chi connectivity index (χ1n) is 15.4. The highest BCUT2D eigenvalue weighted by atomic mass is 127. The summed E-state index contributed by atoms with van der Waals surface area (Å²) in [7, 11) is 0. The normalized spacial score (nSPS) is 14.6. The topological polar surface area (TPSA) is 69.9 Å². The van der Waals surface area contributed by atoms with Gasteiger partial charge in [0.1, 0.15) is 12.4 Å². The van der Waals surface area contributed by atoms with Gasteiger partial charge in [-0.1, -0.05) is 104 Å². The van der Waals surface area contributed by atoms with Crippen molar-refractivity contribution in [2.24, 2.45) is 4.99 Å². The van der Waals surface area contributed by atoms with Gasteiger partial charge >= 0.3 is 5.97 Å². The molecular weight excluding hydrogens is 870 g/mol. The number of ether oxygens (including phenoxy) is 2. The Balaban J connectivity index is 1.56. The van der Waals surface area contributed by atoms with E-state index in [1.165, 1.54) is 11.3 Å². The third kappa shape index (κ3) is 7.34. The Kier molecular flexibility index (Phi) is 10.9. The molecular formula is C38H31ClI2N2O4S. The summed E-state index contributed by atoms with van der Waals surface area (Å²) >= 11 is 12.0. The van der Waals surface area contributed by atoms with Crippen LogP contribution in [0.3, 0.4) is 0 Å². The number of hydrogen-bond donors (Lipinski definition) is 0. The summed E-state index contributed by atoms with van der Waals surface area (Å²) < 4.78 is 16.0. The van der Waals surface area contributed by atoms with Gasteiger partial charge in [-0.2, -0.15) is 0 Å². The highest BCUT2D eigenvalue weighted by molar-refractivity contribution is 14.1. The number of carbonyl (C=O) groups is 1. The zero-order valence-electron chi connectivity index (χ0n) is 26.4. The molecule has 244 valence electrons. The number of rotatable bonds is 9. The third-order valence-electron chi connectivity index (χ3n) is 7.89. The Bertz CT molecular complexity index is 2210. The maximum absolute atomic E-state index is 14.5. The molecule has 1 atom stereocenters. The van der Waals surface area contributed by atoms with Crippen LogP contribution in [0.25, 0.3) is 11.8 Å². The van der Waals surface area contributed by atoms with Crippen molar-refractivity contribution in [3.63, 3.8) is 0 Å². The Hall–Kier alpha value is -3.26. The molecule has 6 nitrogen and oxygen atoms in total. The van der Waals surface area contributed by atoms with Gasteiger partial charge in [-0.25, -0.2) is 9.79 Å². The summed E-state index contributed by atoms with van der Waals surface area (Å²) in [5, 5.41) is 0.639. The minimum Gasteiger partial charge on any atom is -0.487 e. The lowest BCUT2D eigenvalue weighted by Crippen LogP contribution is -2.40. The van der Waals surface area contributed by atoms with Crippen molar-refractivity contribution >= 4 is 85.9 Å². The molecule has 5 aromatic rings. The second kappa shape index (κ2) is 15.1. The van der Waals surface area contributed by atoms with Gasteiger partial charge in [0.2, 0.25) is 0 Å². The number of aromatic nitrogens is 1. The molecule has 1 aliphatic rings. The van der Waals surface area contributed by atoms with E-state index in [0.29, 0.717) is 43.9 Å². The van der Waals surface area contributed by atoms with Crippen molar-refractivity contribution in [1.82, 2.24) is 4.57 Å². The lowest BCUT2D eigenvalue weighted by atomic mass is 9.91. The van der Waals surface area contributed by atoms with Crippen molar-refractivity contribution in [3.8, 4) is 5.75 Å². The van der Waals surface area contributed by atoms with E-state index in [2.05, 4.69) is 71.2 Å². The van der Waals surface area contributed by atoms with Crippen LogP contribution < -0.4 is 19.6 Å². The number of hydrogen-bond acceptors (Lipinski definition) is 6. The molecule has 48 heavy (non-hydrogen) atoms. The minimum atomic E-state index is -0.742. The minimum absolute atomic E-state index is 0.192. The predicted molar refractivity (Wildman–Crippen MR) is 209 cm³/mol. The van der Waals surface area contributed by atoms with Crippen LogP contribution in [-0.4, -0.2) is 17.1 Å². The molecule has 1 aromatic heterocycles. The summed E-state index contributed by atoms with van der Waals surface area (Å²) in [5.41, 5.74) is 5.01. The predicted octanol–water partition coefficient (Wildman–Crippen LogP) is 8.50. The molecule has 1 aliphatic heterocycles. The van der Waals surface area contributed by atoms with Crippen LogP contribution in [0, 0.1) is 7.14 Å². The van der Waals surface area contributed by atoms with Crippen molar-refractivity contribution < 1.29 is 14.3 Å². The highest BCUT2D eigenvalue weighted by Gasteiger charge is 2.35. The van der Waals surface area contributed by atoms with E-state index in [1.807, 2.05) is 84.9 Å². The van der Waals surface area contributed by atoms with Gasteiger partial charge in [-0.15, -0.1) is 0 Å². The van der Waals surface area contributed by atoms with E-state index in [-0.39, 0.29) is 12.2 Å². The summed E-state index contributed by atoms with van der Waals surface area (Å²) in [6.45, 7) is 6.55. The smallest absolute Gasteiger partial charge is 0.338 e. The van der Waals surface area contributed by atoms with E-state index < -0.39 is 12.0 Å². The fourth-order valence-corrected chi connectivity index (χ4v) is 8.83. The lowest BCUT2D eigenvalue weighted by molar-refractivity contribution is -0.138. The average Bonchev–Trinajstić information content (AvgIpc) is 3.38. The Morgan fingerprint density at radius 3 is 2.46 bits per heavy atom. The SMILES string of the molecule is CCOC(=O)C1=C(c2ccccc2)N=c2s/c(=C\c3cc(I)cc(I)c3OCc3cccc(Cl)c3)c(=O)n2[C@@H]1c1ccc(C(C)C)cc1. The van der Waals surface area contributed by atoms with Crippen LogP contribution in [0.4, 0.5) is 0 Å². The summed E-state index contributed by atoms with van der Waals surface area (Å²) in [6, 6.07) is 28.5. The summed E-state index contributed by atoms with van der Waals surface area (Å²) in [5.74, 6) is 0.490. The number of halogens is 3. The van der Waals surface area contributed by atoms with Crippen LogP contribution >= 0.6 is 68.1 Å². The molecule has 0 spiro atoms. The molecule has 10 heteroatoms. The van der Waals surface area contributed by atoms with E-state index in [0.717, 1.165) is 35.0 Å². The number of carbonyl (C=O) groups excluding carboxylic acids is 1. The summed E-state index contributed by atoms with van der Waals surface area (Å²) in [6.07, 6.45) is 1.86. The Labute approximate surface area is 315 Å². The van der Waals surface area contributed by atoms with Crippen molar-refractivity contribution in [1.29, 1.82) is 0 Å². The first-order valence-corrected chi connectivity index (χ1v) is 18.7. The molecule has 0 unspecified atom stereocenters. The zero-order valence-corrected chi connectivity index (χ0v) is 32.3. The van der Waals surface area contributed by atoms with Crippen molar-refractivity contribution in [2.45, 2.75) is 39.3 Å². The van der Waals surface area contributed by atoms with Gasteiger partial charge in [0.05, 0.1) is 32.0 Å². The fourth-order valence-electron chi connectivity index (χ4n) is 5.58. The quantitative estimate of drug-likeness (QED) is 0.110. The molecule has 4 aromatic carbocycles. The maximum Gasteiger partial charge on any atom is 0.338 e. The van der Waals surface area contributed by atoms with E-state index in [9.17, 15) is 9.59 Å². The van der Waals surface area contributed by atoms with Gasteiger partial charge in [-0.3, -0.25) is 9.36 Å². The second-order valence-electron chi connectivity index (χ2n) is 11.5. The lowest BCUT2D eigenvalue weighted by Gasteiger charge is -2.26. The molecule has 0 fully saturated rings. The van der Waals surface area contributed by atoms with Gasteiger partial charge < -0.3 is 9.47 Å². The maximum atomic E-state index is 14.5. The van der Waals surface area contributed by atoms with E-state index in [1.54, 1.807) is 11.5 Å². The van der Waals surface area contributed by atoms with Gasteiger partial charge in [0.25, 0.3) is 5.56 Å². The van der Waals surface area contributed by atoms with Gasteiger partial charge in [0.15, 0.2) is 4.80 Å². The second-order valence-corrected chi connectivity index (χ2v) is 15.3. The molecule has 6 rings (SSSR count). The summed E-state index contributed by atoms with van der Waals surface area (Å²) in [4.78, 5) is 33.8. The molecule has 0 radical (unpaired) electrons. The number of nitrogens with zero attached hydrogens (tertiary/aromatic N) is 2. The monoisotopic (exact) mass is 900 g/mol. The van der Waals surface area contributed by atoms with Gasteiger partial charge in [-0.05, 0) is 105 Å². The van der Waals surface area contributed by atoms with Crippen LogP contribution in [0.2, 0.25) is 5.02 Å². The number of thiazole rings is 1. The van der Waals surface area contributed by atoms with Crippen LogP contribution in [-0.2, 0) is 16.1 Å². The van der Waals surface area contributed by atoms with Gasteiger partial charge in [0, 0.05) is 19.7 Å². The molecule has 2 heterocycles. The molecule has 0 saturated heterocycles.